The van der Waals surface area contributed by atoms with Crippen molar-refractivity contribution in [3.8, 4) is 0 Å². The minimum absolute atomic E-state index is 0.0270. The van der Waals surface area contributed by atoms with Crippen molar-refractivity contribution >= 4 is 11.7 Å². The highest BCUT2D eigenvalue weighted by molar-refractivity contribution is 5.79. The molecule has 0 bridgehead atoms. The van der Waals surface area contributed by atoms with Gasteiger partial charge in [0, 0.05) is 38.3 Å². The molecule has 0 aliphatic carbocycles. The van der Waals surface area contributed by atoms with Crippen LogP contribution in [-0.4, -0.2) is 44.8 Å². The minimum atomic E-state index is 0.0270. The van der Waals surface area contributed by atoms with Gasteiger partial charge in [-0.2, -0.15) is 0 Å². The third-order valence-electron chi connectivity index (χ3n) is 5.24. The third-order valence-corrected chi connectivity index (χ3v) is 5.24. The van der Waals surface area contributed by atoms with Crippen LogP contribution >= 0.6 is 0 Å². The Morgan fingerprint density at radius 2 is 2.16 bits per heavy atom. The molecule has 0 spiro atoms. The van der Waals surface area contributed by atoms with Crippen LogP contribution in [0.15, 0.2) is 24.4 Å². The predicted octanol–water partition coefficient (Wildman–Crippen LogP) is 1.33. The maximum Gasteiger partial charge on any atom is 0.225 e. The van der Waals surface area contributed by atoms with E-state index < -0.39 is 0 Å². The van der Waals surface area contributed by atoms with Gasteiger partial charge in [-0.1, -0.05) is 6.07 Å². The van der Waals surface area contributed by atoms with E-state index in [1.54, 1.807) is 6.20 Å². The first-order valence-corrected chi connectivity index (χ1v) is 9.06. The van der Waals surface area contributed by atoms with E-state index in [0.29, 0.717) is 0 Å². The lowest BCUT2D eigenvalue weighted by molar-refractivity contribution is -0.126. The number of amides is 1. The SMILES string of the molecule is Cc1nnc2n1C[C@H](NC(=O)[C@H]1CCCN(c3ccccn3)C1)CC2. The number of rotatable bonds is 3. The minimum Gasteiger partial charge on any atom is -0.356 e. The second-order valence-corrected chi connectivity index (χ2v) is 6.99. The van der Waals surface area contributed by atoms with Crippen LogP contribution in [0.5, 0.6) is 0 Å². The number of nitrogens with zero attached hydrogens (tertiary/aromatic N) is 5. The zero-order valence-electron chi connectivity index (χ0n) is 14.6. The number of carbonyl (C=O) groups is 1. The van der Waals surface area contributed by atoms with Gasteiger partial charge in [-0.25, -0.2) is 4.98 Å². The Morgan fingerprint density at radius 1 is 1.24 bits per heavy atom. The average Bonchev–Trinajstić information content (AvgIpc) is 3.03. The molecular weight excluding hydrogens is 316 g/mol. The fourth-order valence-corrected chi connectivity index (χ4v) is 3.84. The molecule has 7 nitrogen and oxygen atoms in total. The van der Waals surface area contributed by atoms with E-state index in [9.17, 15) is 4.79 Å². The number of pyridine rings is 1. The van der Waals surface area contributed by atoms with Crippen molar-refractivity contribution in [2.24, 2.45) is 5.92 Å². The second-order valence-electron chi connectivity index (χ2n) is 6.99. The molecule has 2 aliphatic rings. The molecule has 2 aromatic heterocycles. The summed E-state index contributed by atoms with van der Waals surface area (Å²) < 4.78 is 2.12. The van der Waals surface area contributed by atoms with Crippen LogP contribution < -0.4 is 10.2 Å². The van der Waals surface area contributed by atoms with E-state index in [1.807, 2.05) is 25.1 Å². The molecule has 7 heteroatoms. The number of aromatic nitrogens is 4. The van der Waals surface area contributed by atoms with E-state index in [-0.39, 0.29) is 17.9 Å². The smallest absolute Gasteiger partial charge is 0.225 e. The van der Waals surface area contributed by atoms with Gasteiger partial charge in [-0.3, -0.25) is 4.79 Å². The number of anilines is 1. The number of aryl methyl sites for hydroxylation is 2. The van der Waals surface area contributed by atoms with Crippen molar-refractivity contribution in [1.82, 2.24) is 25.1 Å². The van der Waals surface area contributed by atoms with Gasteiger partial charge >= 0.3 is 0 Å². The summed E-state index contributed by atoms with van der Waals surface area (Å²) in [5, 5.41) is 11.6. The molecule has 0 unspecified atom stereocenters. The lowest BCUT2D eigenvalue weighted by Gasteiger charge is -2.34. The highest BCUT2D eigenvalue weighted by atomic mass is 16.2. The summed E-state index contributed by atoms with van der Waals surface area (Å²) in [7, 11) is 0. The summed E-state index contributed by atoms with van der Waals surface area (Å²) >= 11 is 0. The summed E-state index contributed by atoms with van der Waals surface area (Å²) in [5.74, 6) is 3.11. The number of nitrogens with one attached hydrogen (secondary N) is 1. The molecule has 0 saturated carbocycles. The lowest BCUT2D eigenvalue weighted by atomic mass is 9.96. The maximum absolute atomic E-state index is 12.8. The van der Waals surface area contributed by atoms with Crippen LogP contribution in [0.2, 0.25) is 0 Å². The third kappa shape index (κ3) is 3.36. The normalized spacial score (nSPS) is 23.2. The Balaban J connectivity index is 1.37. The number of hydrogen-bond acceptors (Lipinski definition) is 5. The van der Waals surface area contributed by atoms with Crippen LogP contribution in [-0.2, 0) is 17.8 Å². The van der Waals surface area contributed by atoms with Crippen LogP contribution in [0.4, 0.5) is 5.82 Å². The average molecular weight is 340 g/mol. The molecule has 4 rings (SSSR count). The zero-order valence-corrected chi connectivity index (χ0v) is 14.6. The van der Waals surface area contributed by atoms with Crippen molar-refractivity contribution in [3.63, 3.8) is 0 Å². The molecule has 2 atom stereocenters. The van der Waals surface area contributed by atoms with Crippen LogP contribution in [0.25, 0.3) is 0 Å². The van der Waals surface area contributed by atoms with Crippen molar-refractivity contribution < 1.29 is 4.79 Å². The number of carbonyl (C=O) groups excluding carboxylic acids is 1. The lowest BCUT2D eigenvalue weighted by Crippen LogP contribution is -2.48. The number of hydrogen-bond donors (Lipinski definition) is 1. The van der Waals surface area contributed by atoms with Gasteiger partial charge in [0.05, 0.1) is 5.92 Å². The van der Waals surface area contributed by atoms with Crippen LogP contribution in [0.3, 0.4) is 0 Å². The summed E-state index contributed by atoms with van der Waals surface area (Å²) in [5.41, 5.74) is 0. The first-order valence-electron chi connectivity index (χ1n) is 9.06. The molecule has 1 amide bonds. The Labute approximate surface area is 147 Å². The highest BCUT2D eigenvalue weighted by Gasteiger charge is 2.29. The molecule has 1 fully saturated rings. The topological polar surface area (TPSA) is 75.9 Å². The molecule has 1 saturated heterocycles. The molecule has 0 aromatic carbocycles. The molecule has 4 heterocycles. The summed E-state index contributed by atoms with van der Waals surface area (Å²) in [6.07, 6.45) is 5.57. The molecular formula is C18H24N6O. The predicted molar refractivity (Wildman–Crippen MR) is 94.2 cm³/mol. The Kier molecular flexibility index (Phi) is 4.38. The van der Waals surface area contributed by atoms with Gasteiger partial charge in [0.15, 0.2) is 0 Å². The Bertz CT molecular complexity index is 743. The van der Waals surface area contributed by atoms with E-state index >= 15 is 0 Å². The first-order chi connectivity index (χ1) is 12.2. The summed E-state index contributed by atoms with van der Waals surface area (Å²) in [6, 6.07) is 6.09. The summed E-state index contributed by atoms with van der Waals surface area (Å²) in [4.78, 5) is 19.4. The van der Waals surface area contributed by atoms with Crippen molar-refractivity contribution in [1.29, 1.82) is 0 Å². The van der Waals surface area contributed by atoms with Gasteiger partial charge in [0.1, 0.15) is 17.5 Å². The molecule has 2 aromatic rings. The van der Waals surface area contributed by atoms with Crippen LogP contribution in [0, 0.1) is 12.8 Å². The van der Waals surface area contributed by atoms with E-state index in [1.165, 1.54) is 0 Å². The number of fused-ring (bicyclic) bond motifs is 1. The van der Waals surface area contributed by atoms with E-state index in [4.69, 9.17) is 0 Å². The quantitative estimate of drug-likeness (QED) is 0.912. The summed E-state index contributed by atoms with van der Waals surface area (Å²) in [6.45, 7) is 4.45. The standard InChI is InChI=1S/C18H24N6O/c1-13-21-22-17-8-7-15(12-24(13)17)20-18(25)14-5-4-10-23(11-14)16-6-2-3-9-19-16/h2-3,6,9,14-15H,4-5,7-8,10-12H2,1H3,(H,20,25)/t14-,15+/m0/s1. The van der Waals surface area contributed by atoms with E-state index in [0.717, 1.165) is 62.8 Å². The van der Waals surface area contributed by atoms with Gasteiger partial charge in [0.2, 0.25) is 5.91 Å². The Hall–Kier alpha value is -2.44. The highest BCUT2D eigenvalue weighted by Crippen LogP contribution is 2.22. The van der Waals surface area contributed by atoms with Crippen molar-refractivity contribution in [2.75, 3.05) is 18.0 Å². The van der Waals surface area contributed by atoms with E-state index in [2.05, 4.69) is 30.0 Å². The molecule has 1 N–H and O–H groups in total. The van der Waals surface area contributed by atoms with Gasteiger partial charge < -0.3 is 14.8 Å². The zero-order chi connectivity index (χ0) is 17.2. The van der Waals surface area contributed by atoms with Crippen molar-refractivity contribution in [3.05, 3.63) is 36.0 Å². The largest absolute Gasteiger partial charge is 0.356 e. The Morgan fingerprint density at radius 3 is 3.00 bits per heavy atom. The maximum atomic E-state index is 12.8. The number of piperidine rings is 1. The molecule has 25 heavy (non-hydrogen) atoms. The fourth-order valence-electron chi connectivity index (χ4n) is 3.84. The van der Waals surface area contributed by atoms with Gasteiger partial charge in [-0.15, -0.1) is 10.2 Å². The monoisotopic (exact) mass is 340 g/mol. The van der Waals surface area contributed by atoms with Crippen LogP contribution in [0.1, 0.15) is 30.9 Å². The fraction of sp³-hybridized carbons (Fsp3) is 0.556. The van der Waals surface area contributed by atoms with Gasteiger partial charge in [0.25, 0.3) is 0 Å². The molecule has 132 valence electrons. The molecule has 0 radical (unpaired) electrons. The first kappa shape index (κ1) is 16.1. The van der Waals surface area contributed by atoms with Crippen molar-refractivity contribution in [2.45, 2.75) is 45.2 Å². The molecule has 2 aliphatic heterocycles. The van der Waals surface area contributed by atoms with Gasteiger partial charge in [-0.05, 0) is 38.3 Å². The second kappa shape index (κ2) is 6.82.